The number of benzene rings is 2. The first-order chi connectivity index (χ1) is 14.4. The number of rotatable bonds is 6. The third-order valence-electron chi connectivity index (χ3n) is 4.27. The molecule has 1 heterocycles. The highest BCUT2D eigenvalue weighted by molar-refractivity contribution is 9.10. The quantitative estimate of drug-likeness (QED) is 0.508. The Bertz CT molecular complexity index is 1050. The molecule has 0 spiro atoms. The van der Waals surface area contributed by atoms with Crippen molar-refractivity contribution in [2.24, 2.45) is 0 Å². The van der Waals surface area contributed by atoms with Gasteiger partial charge in [-0.1, -0.05) is 12.1 Å². The van der Waals surface area contributed by atoms with Crippen molar-refractivity contribution in [2.75, 3.05) is 25.7 Å². The van der Waals surface area contributed by atoms with Crippen molar-refractivity contribution in [3.05, 3.63) is 52.0 Å². The summed E-state index contributed by atoms with van der Waals surface area (Å²) in [6.07, 6.45) is 1.38. The number of methoxy groups -OCH3 is 2. The summed E-state index contributed by atoms with van der Waals surface area (Å²) in [5.74, 6) is -0.313. The number of nitrogens with one attached hydrogen (secondary N) is 1. The van der Waals surface area contributed by atoms with E-state index < -0.39 is 17.8 Å². The van der Waals surface area contributed by atoms with Gasteiger partial charge >= 0.3 is 6.03 Å². The van der Waals surface area contributed by atoms with Gasteiger partial charge in [-0.3, -0.25) is 14.9 Å². The van der Waals surface area contributed by atoms with Gasteiger partial charge in [-0.25, -0.2) is 9.69 Å². The van der Waals surface area contributed by atoms with E-state index in [0.29, 0.717) is 33.9 Å². The fourth-order valence-electron chi connectivity index (χ4n) is 2.98. The molecule has 1 aliphatic heterocycles. The average molecular weight is 475 g/mol. The number of carbonyl (C=O) groups excluding carboxylic acids is 3. The fourth-order valence-corrected chi connectivity index (χ4v) is 3.61. The van der Waals surface area contributed by atoms with Gasteiger partial charge in [0, 0.05) is 0 Å². The smallest absolute Gasteiger partial charge is 0.336 e. The number of carbonyl (C=O) groups is 3. The Kier molecular flexibility index (Phi) is 6.41. The first-order valence-corrected chi connectivity index (χ1v) is 9.75. The summed E-state index contributed by atoms with van der Waals surface area (Å²) >= 11 is 3.38. The molecule has 0 saturated carbocycles. The maximum absolute atomic E-state index is 13.1. The van der Waals surface area contributed by atoms with Crippen LogP contribution in [0, 0.1) is 0 Å². The summed E-state index contributed by atoms with van der Waals surface area (Å²) in [5, 5.41) is 2.20. The molecule has 30 heavy (non-hydrogen) atoms. The summed E-state index contributed by atoms with van der Waals surface area (Å²) in [6.45, 7) is 2.14. The highest BCUT2D eigenvalue weighted by atomic mass is 79.9. The molecule has 0 aromatic heterocycles. The number of barbiturate groups is 1. The van der Waals surface area contributed by atoms with Crippen LogP contribution in [0.2, 0.25) is 0 Å². The largest absolute Gasteiger partial charge is 0.493 e. The number of ether oxygens (including phenoxy) is 3. The minimum atomic E-state index is -0.845. The molecule has 0 bridgehead atoms. The van der Waals surface area contributed by atoms with Gasteiger partial charge in [-0.2, -0.15) is 0 Å². The Labute approximate surface area is 181 Å². The lowest BCUT2D eigenvalue weighted by Gasteiger charge is -2.27. The zero-order valence-electron chi connectivity index (χ0n) is 16.5. The SMILES string of the molecule is CCOc1ccccc1N1C(=O)NC(=O)/C(=C/c2cc(Br)c(OC)c(OC)c2)C1=O. The summed E-state index contributed by atoms with van der Waals surface area (Å²) in [4.78, 5) is 38.9. The first-order valence-electron chi connectivity index (χ1n) is 8.96. The zero-order chi connectivity index (χ0) is 21.8. The van der Waals surface area contributed by atoms with E-state index in [9.17, 15) is 14.4 Å². The molecule has 0 atom stereocenters. The van der Waals surface area contributed by atoms with Crippen LogP contribution in [-0.2, 0) is 9.59 Å². The number of urea groups is 1. The van der Waals surface area contributed by atoms with E-state index >= 15 is 0 Å². The van der Waals surface area contributed by atoms with Gasteiger partial charge in [0.25, 0.3) is 11.8 Å². The second-order valence-corrected chi connectivity index (χ2v) is 6.95. The van der Waals surface area contributed by atoms with Crippen LogP contribution >= 0.6 is 15.9 Å². The third kappa shape index (κ3) is 4.02. The summed E-state index contributed by atoms with van der Waals surface area (Å²) in [6, 6.07) is 9.06. The minimum Gasteiger partial charge on any atom is -0.493 e. The lowest BCUT2D eigenvalue weighted by Crippen LogP contribution is -2.54. The Morgan fingerprint density at radius 2 is 1.80 bits per heavy atom. The maximum Gasteiger partial charge on any atom is 0.336 e. The lowest BCUT2D eigenvalue weighted by molar-refractivity contribution is -0.122. The maximum atomic E-state index is 13.1. The second-order valence-electron chi connectivity index (χ2n) is 6.10. The van der Waals surface area contributed by atoms with Crippen LogP contribution < -0.4 is 24.4 Å². The molecule has 8 nitrogen and oxygen atoms in total. The first kappa shape index (κ1) is 21.4. The topological polar surface area (TPSA) is 94.2 Å². The van der Waals surface area contributed by atoms with Crippen molar-refractivity contribution in [2.45, 2.75) is 6.92 Å². The molecule has 1 N–H and O–H groups in total. The van der Waals surface area contributed by atoms with Gasteiger partial charge < -0.3 is 14.2 Å². The van der Waals surface area contributed by atoms with Crippen molar-refractivity contribution in [3.63, 3.8) is 0 Å². The predicted molar refractivity (Wildman–Crippen MR) is 114 cm³/mol. The number of hydrogen-bond donors (Lipinski definition) is 1. The van der Waals surface area contributed by atoms with E-state index in [2.05, 4.69) is 21.2 Å². The summed E-state index contributed by atoms with van der Waals surface area (Å²) in [7, 11) is 2.98. The average Bonchev–Trinajstić information content (AvgIpc) is 2.72. The van der Waals surface area contributed by atoms with Gasteiger partial charge in [0.05, 0.1) is 31.0 Å². The van der Waals surface area contributed by atoms with Crippen molar-refractivity contribution in [1.29, 1.82) is 0 Å². The van der Waals surface area contributed by atoms with E-state index in [1.54, 1.807) is 43.3 Å². The molecule has 0 aliphatic carbocycles. The van der Waals surface area contributed by atoms with Gasteiger partial charge in [-0.15, -0.1) is 0 Å². The molecule has 0 radical (unpaired) electrons. The third-order valence-corrected chi connectivity index (χ3v) is 4.86. The highest BCUT2D eigenvalue weighted by Gasteiger charge is 2.38. The van der Waals surface area contributed by atoms with E-state index in [4.69, 9.17) is 14.2 Å². The second kappa shape index (κ2) is 9.00. The van der Waals surface area contributed by atoms with Crippen molar-refractivity contribution >= 4 is 45.5 Å². The van der Waals surface area contributed by atoms with Crippen LogP contribution in [0.25, 0.3) is 6.08 Å². The van der Waals surface area contributed by atoms with Crippen LogP contribution in [0.3, 0.4) is 0 Å². The van der Waals surface area contributed by atoms with Crippen molar-refractivity contribution in [1.82, 2.24) is 5.32 Å². The Morgan fingerprint density at radius 3 is 2.47 bits per heavy atom. The number of anilines is 1. The summed E-state index contributed by atoms with van der Waals surface area (Å²) in [5.41, 5.74) is 0.541. The Balaban J connectivity index is 2.07. The van der Waals surface area contributed by atoms with Crippen LogP contribution in [0.1, 0.15) is 12.5 Å². The molecule has 2 aromatic carbocycles. The van der Waals surface area contributed by atoms with Gasteiger partial charge in [-0.05, 0) is 58.8 Å². The number of para-hydroxylation sites is 2. The zero-order valence-corrected chi connectivity index (χ0v) is 18.1. The van der Waals surface area contributed by atoms with Crippen LogP contribution in [0.5, 0.6) is 17.2 Å². The Hall–Kier alpha value is -3.33. The molecule has 9 heteroatoms. The van der Waals surface area contributed by atoms with Crippen LogP contribution in [0.4, 0.5) is 10.5 Å². The fraction of sp³-hybridized carbons (Fsp3) is 0.190. The van der Waals surface area contributed by atoms with E-state index in [0.717, 1.165) is 4.90 Å². The molecule has 156 valence electrons. The van der Waals surface area contributed by atoms with Crippen LogP contribution in [0.15, 0.2) is 46.4 Å². The molecular formula is C21H19BrN2O6. The molecule has 1 fully saturated rings. The highest BCUT2D eigenvalue weighted by Crippen LogP contribution is 2.37. The molecule has 4 amide bonds. The van der Waals surface area contributed by atoms with E-state index in [-0.39, 0.29) is 11.3 Å². The van der Waals surface area contributed by atoms with Gasteiger partial charge in [0.1, 0.15) is 11.3 Å². The van der Waals surface area contributed by atoms with Crippen molar-refractivity contribution < 1.29 is 28.6 Å². The number of nitrogens with zero attached hydrogens (tertiary/aromatic N) is 1. The molecular weight excluding hydrogens is 456 g/mol. The molecule has 1 saturated heterocycles. The van der Waals surface area contributed by atoms with Crippen molar-refractivity contribution in [3.8, 4) is 17.2 Å². The van der Waals surface area contributed by atoms with E-state index in [1.807, 2.05) is 0 Å². The number of imide groups is 2. The van der Waals surface area contributed by atoms with E-state index in [1.165, 1.54) is 20.3 Å². The monoisotopic (exact) mass is 474 g/mol. The predicted octanol–water partition coefficient (Wildman–Crippen LogP) is 3.53. The minimum absolute atomic E-state index is 0.208. The number of halogens is 1. The molecule has 1 aliphatic rings. The van der Waals surface area contributed by atoms with Crippen LogP contribution in [-0.4, -0.2) is 38.7 Å². The summed E-state index contributed by atoms with van der Waals surface area (Å²) < 4.78 is 16.7. The standard InChI is InChI=1S/C21H19BrN2O6/c1-4-30-16-8-6-5-7-15(16)24-20(26)13(19(25)23-21(24)27)9-12-10-14(22)18(29-3)17(11-12)28-2/h5-11H,4H2,1-3H3,(H,23,25,27)/b13-9-. The number of amides is 4. The van der Waals surface area contributed by atoms with Gasteiger partial charge in [0.2, 0.25) is 0 Å². The number of hydrogen-bond acceptors (Lipinski definition) is 6. The molecule has 0 unspecified atom stereocenters. The van der Waals surface area contributed by atoms with Gasteiger partial charge in [0.15, 0.2) is 11.5 Å². The Morgan fingerprint density at radius 1 is 1.07 bits per heavy atom. The lowest BCUT2D eigenvalue weighted by atomic mass is 10.1. The normalized spacial score (nSPS) is 15.3. The molecule has 2 aromatic rings. The molecule has 3 rings (SSSR count).